The van der Waals surface area contributed by atoms with Gasteiger partial charge in [-0.05, 0) is 109 Å². The van der Waals surface area contributed by atoms with Crippen LogP contribution in [0.4, 0.5) is 0 Å². The number of hydrogen-bond acceptors (Lipinski definition) is 6. The largest absolute Gasteiger partial charge is 0.462 e. The monoisotopic (exact) mass is 971 g/mol. The molecular weight excluding hydrogens is 865 g/mol. The van der Waals surface area contributed by atoms with E-state index in [0.717, 1.165) is 135 Å². The van der Waals surface area contributed by atoms with Gasteiger partial charge in [0.2, 0.25) is 0 Å². The third-order valence-electron chi connectivity index (χ3n) is 12.0. The fraction of sp³-hybridized carbons (Fsp3) is 0.672. The summed E-state index contributed by atoms with van der Waals surface area (Å²) in [6.07, 6.45) is 78.2. The van der Waals surface area contributed by atoms with Gasteiger partial charge in [0.05, 0.1) is 0 Å². The molecule has 0 aromatic heterocycles. The number of hydrogen-bond donors (Lipinski definition) is 0. The van der Waals surface area contributed by atoms with Gasteiger partial charge in [-0.2, -0.15) is 0 Å². The molecule has 6 heteroatoms. The van der Waals surface area contributed by atoms with Crippen molar-refractivity contribution in [1.29, 1.82) is 0 Å². The first-order valence-corrected chi connectivity index (χ1v) is 28.9. The topological polar surface area (TPSA) is 78.9 Å². The van der Waals surface area contributed by atoms with Crippen molar-refractivity contribution in [3.63, 3.8) is 0 Å². The Bertz CT molecular complexity index is 1440. The molecule has 0 spiro atoms. The molecule has 70 heavy (non-hydrogen) atoms. The Morgan fingerprint density at radius 1 is 0.300 bits per heavy atom. The van der Waals surface area contributed by atoms with Crippen molar-refractivity contribution < 1.29 is 28.6 Å². The van der Waals surface area contributed by atoms with Crippen LogP contribution in [0.25, 0.3) is 0 Å². The second-order valence-electron chi connectivity index (χ2n) is 18.8. The Morgan fingerprint density at radius 3 is 0.886 bits per heavy atom. The fourth-order valence-electron chi connectivity index (χ4n) is 7.69. The number of esters is 3. The lowest BCUT2D eigenvalue weighted by Crippen LogP contribution is -2.30. The van der Waals surface area contributed by atoms with E-state index in [2.05, 4.69) is 130 Å². The summed E-state index contributed by atoms with van der Waals surface area (Å²) in [5.41, 5.74) is 0. The van der Waals surface area contributed by atoms with Crippen LogP contribution in [0.2, 0.25) is 0 Å². The molecule has 0 aliphatic rings. The summed E-state index contributed by atoms with van der Waals surface area (Å²) in [4.78, 5) is 37.9. The van der Waals surface area contributed by atoms with Crippen LogP contribution in [0.5, 0.6) is 0 Å². The lowest BCUT2D eigenvalue weighted by Gasteiger charge is -2.18. The molecule has 0 N–H and O–H groups in total. The van der Waals surface area contributed by atoms with Crippen molar-refractivity contribution in [2.24, 2.45) is 0 Å². The number of carbonyl (C=O) groups excluding carboxylic acids is 3. The van der Waals surface area contributed by atoms with E-state index in [1.54, 1.807) is 0 Å². The molecule has 0 saturated heterocycles. The molecule has 0 aromatic carbocycles. The summed E-state index contributed by atoms with van der Waals surface area (Å²) in [6.45, 7) is 6.45. The molecule has 0 rings (SSSR count). The molecule has 6 nitrogen and oxygen atoms in total. The molecule has 398 valence electrons. The number of unbranched alkanes of at least 4 members (excludes halogenated alkanes) is 22. The predicted molar refractivity (Wildman–Crippen MR) is 302 cm³/mol. The van der Waals surface area contributed by atoms with Crippen molar-refractivity contribution in [3.8, 4) is 0 Å². The number of rotatable bonds is 51. The molecule has 0 amide bonds. The first kappa shape index (κ1) is 66.1. The highest BCUT2D eigenvalue weighted by Gasteiger charge is 2.19. The van der Waals surface area contributed by atoms with E-state index in [1.807, 2.05) is 0 Å². The van der Waals surface area contributed by atoms with Crippen LogP contribution in [-0.2, 0) is 28.6 Å². The lowest BCUT2D eigenvalue weighted by atomic mass is 10.1. The number of ether oxygens (including phenoxy) is 3. The highest BCUT2D eigenvalue weighted by Crippen LogP contribution is 2.14. The second-order valence-corrected chi connectivity index (χ2v) is 18.8. The summed E-state index contributed by atoms with van der Waals surface area (Å²) in [5, 5.41) is 0. The highest BCUT2D eigenvalue weighted by molar-refractivity contribution is 5.71. The van der Waals surface area contributed by atoms with Crippen LogP contribution >= 0.6 is 0 Å². The maximum Gasteiger partial charge on any atom is 0.306 e. The maximum absolute atomic E-state index is 12.8. The second kappa shape index (κ2) is 57.6. The number of carbonyl (C=O) groups is 3. The van der Waals surface area contributed by atoms with Gasteiger partial charge in [0.1, 0.15) is 13.2 Å². The lowest BCUT2D eigenvalue weighted by molar-refractivity contribution is -0.167. The molecule has 0 heterocycles. The van der Waals surface area contributed by atoms with Crippen LogP contribution in [-0.4, -0.2) is 37.2 Å². The van der Waals surface area contributed by atoms with E-state index in [1.165, 1.54) is 83.5 Å². The molecule has 0 aromatic rings. The van der Waals surface area contributed by atoms with E-state index in [-0.39, 0.29) is 31.1 Å². The Balaban J connectivity index is 4.19. The molecule has 0 radical (unpaired) electrons. The van der Waals surface area contributed by atoms with Crippen molar-refractivity contribution >= 4 is 17.9 Å². The predicted octanol–water partition coefficient (Wildman–Crippen LogP) is 19.5. The van der Waals surface area contributed by atoms with E-state index >= 15 is 0 Å². The van der Waals surface area contributed by atoms with Gasteiger partial charge in [0.25, 0.3) is 0 Å². The Morgan fingerprint density at radius 2 is 0.557 bits per heavy atom. The van der Waals surface area contributed by atoms with Crippen LogP contribution < -0.4 is 0 Å². The third kappa shape index (κ3) is 55.0. The fourth-order valence-corrected chi connectivity index (χ4v) is 7.69. The molecule has 1 unspecified atom stereocenters. The van der Waals surface area contributed by atoms with Gasteiger partial charge in [-0.1, -0.05) is 239 Å². The number of allylic oxidation sites excluding steroid dienone is 18. The molecular formula is C64H106O6. The Kier molecular flexibility index (Phi) is 54.4. The van der Waals surface area contributed by atoms with E-state index in [9.17, 15) is 14.4 Å². The van der Waals surface area contributed by atoms with Crippen LogP contribution in [0.15, 0.2) is 109 Å². The summed E-state index contributed by atoms with van der Waals surface area (Å²) in [5.74, 6) is -0.917. The van der Waals surface area contributed by atoms with Gasteiger partial charge in [0, 0.05) is 19.3 Å². The zero-order chi connectivity index (χ0) is 50.7. The average Bonchev–Trinajstić information content (AvgIpc) is 3.36. The Labute approximate surface area is 431 Å². The molecule has 0 fully saturated rings. The van der Waals surface area contributed by atoms with Gasteiger partial charge in [0.15, 0.2) is 6.10 Å². The van der Waals surface area contributed by atoms with Crippen LogP contribution in [0, 0.1) is 0 Å². The normalized spacial score (nSPS) is 12.9. The van der Waals surface area contributed by atoms with Crippen LogP contribution in [0.1, 0.15) is 258 Å². The van der Waals surface area contributed by atoms with Crippen molar-refractivity contribution in [1.82, 2.24) is 0 Å². The molecule has 0 saturated carbocycles. The van der Waals surface area contributed by atoms with Gasteiger partial charge >= 0.3 is 17.9 Å². The van der Waals surface area contributed by atoms with Gasteiger partial charge < -0.3 is 14.2 Å². The zero-order valence-electron chi connectivity index (χ0n) is 45.5. The third-order valence-corrected chi connectivity index (χ3v) is 12.0. The quantitative estimate of drug-likeness (QED) is 0.0262. The summed E-state index contributed by atoms with van der Waals surface area (Å²) in [7, 11) is 0. The van der Waals surface area contributed by atoms with E-state index in [0.29, 0.717) is 19.3 Å². The Hall–Kier alpha value is -3.93. The van der Waals surface area contributed by atoms with Gasteiger partial charge in [-0.3, -0.25) is 14.4 Å². The van der Waals surface area contributed by atoms with Crippen molar-refractivity contribution in [3.05, 3.63) is 109 Å². The van der Waals surface area contributed by atoms with E-state index < -0.39 is 6.10 Å². The van der Waals surface area contributed by atoms with Crippen molar-refractivity contribution in [2.75, 3.05) is 13.2 Å². The maximum atomic E-state index is 12.8. The summed E-state index contributed by atoms with van der Waals surface area (Å²) >= 11 is 0. The van der Waals surface area contributed by atoms with Crippen molar-refractivity contribution in [2.45, 2.75) is 264 Å². The minimum Gasteiger partial charge on any atom is -0.462 e. The molecule has 0 aliphatic carbocycles. The van der Waals surface area contributed by atoms with Crippen LogP contribution in [0.3, 0.4) is 0 Å². The molecule has 1 atom stereocenters. The highest BCUT2D eigenvalue weighted by atomic mass is 16.6. The average molecular weight is 972 g/mol. The molecule has 0 aliphatic heterocycles. The summed E-state index contributed by atoms with van der Waals surface area (Å²) in [6, 6.07) is 0. The van der Waals surface area contributed by atoms with Gasteiger partial charge in [-0.25, -0.2) is 0 Å². The molecule has 0 bridgehead atoms. The van der Waals surface area contributed by atoms with Gasteiger partial charge in [-0.15, -0.1) is 0 Å². The first-order valence-electron chi connectivity index (χ1n) is 28.9. The first-order chi connectivity index (χ1) is 34.5. The zero-order valence-corrected chi connectivity index (χ0v) is 45.5. The SMILES string of the molecule is CC/C=C\C/C=C\C/C=C\C/C=C\C/C=C\C/C=C\C/C=C\C/C=C\CCCCCCCCC(=O)OCC(COC(=O)CCCCCCCCC)OC(=O)CCCCCCC/C=C\CCCCCCC. The van der Waals surface area contributed by atoms with E-state index in [4.69, 9.17) is 14.2 Å². The summed E-state index contributed by atoms with van der Waals surface area (Å²) < 4.78 is 16.7. The minimum absolute atomic E-state index is 0.0857. The smallest absolute Gasteiger partial charge is 0.306 e. The standard InChI is InChI=1S/C64H106O6/c1-4-7-10-13-16-18-20-22-24-25-26-27-28-29-30-31-32-33-34-35-36-37-38-39-40-42-43-45-48-51-54-57-63(66)69-60-61(59-68-62(65)56-53-50-47-15-12-9-6-3)70-64(67)58-55-52-49-46-44-41-23-21-19-17-14-11-8-5-2/h7,10,16,18,21-24,26-27,29-30,32-33,35-36,38-39,61H,4-6,8-9,11-15,17,19-20,25,28,31,34,37,40-60H2,1-3H3/b10-7-,18-16-,23-21-,24-22-,27-26-,30-29-,33-32-,36-35-,39-38-. The minimum atomic E-state index is -0.786.